The third-order valence-electron chi connectivity index (χ3n) is 1.93. The van der Waals surface area contributed by atoms with Gasteiger partial charge in [-0.15, -0.1) is 11.3 Å². The van der Waals surface area contributed by atoms with Crippen LogP contribution in [0, 0.1) is 0 Å². The smallest absolute Gasteiger partial charge is 0.327 e. The van der Waals surface area contributed by atoms with E-state index in [4.69, 9.17) is 5.11 Å². The molecule has 1 unspecified atom stereocenters. The zero-order chi connectivity index (χ0) is 12.9. The van der Waals surface area contributed by atoms with Gasteiger partial charge in [-0.05, 0) is 11.4 Å². The number of aliphatic carboxylic acids is 1. The number of rotatable bonds is 7. The van der Waals surface area contributed by atoms with Gasteiger partial charge in [0.05, 0.1) is 12.4 Å². The molecule has 0 fully saturated rings. The second-order valence-electron chi connectivity index (χ2n) is 3.22. The van der Waals surface area contributed by atoms with E-state index in [1.807, 2.05) is 0 Å². The first kappa shape index (κ1) is 14.1. The molecule has 0 aliphatic carbocycles. The Morgan fingerprint density at radius 1 is 1.65 bits per heavy atom. The van der Waals surface area contributed by atoms with Gasteiger partial charge < -0.3 is 9.84 Å². The standard InChI is InChI=1S/C9H13NO5S2/c1-15-4-6-17(13,14)10-8(9(11)12)7-3-2-5-16-7/h2-3,5,8,10H,4,6H2,1H3,(H,11,12). The normalized spacial score (nSPS) is 13.5. The quantitative estimate of drug-likeness (QED) is 0.755. The van der Waals surface area contributed by atoms with Crippen LogP contribution in [0.15, 0.2) is 17.5 Å². The molecular formula is C9H13NO5S2. The molecule has 0 aliphatic heterocycles. The Morgan fingerprint density at radius 2 is 2.35 bits per heavy atom. The first-order valence-electron chi connectivity index (χ1n) is 4.71. The number of carbonyl (C=O) groups is 1. The van der Waals surface area contributed by atoms with Crippen LogP contribution in [-0.2, 0) is 19.6 Å². The summed E-state index contributed by atoms with van der Waals surface area (Å²) in [5.74, 6) is -1.49. The van der Waals surface area contributed by atoms with Gasteiger partial charge in [-0.2, -0.15) is 4.72 Å². The average molecular weight is 279 g/mol. The summed E-state index contributed by atoms with van der Waals surface area (Å²) in [6.07, 6.45) is 0. The van der Waals surface area contributed by atoms with Crippen LogP contribution in [0.3, 0.4) is 0 Å². The Hall–Kier alpha value is -0.960. The minimum absolute atomic E-state index is 0.0200. The zero-order valence-electron chi connectivity index (χ0n) is 9.12. The van der Waals surface area contributed by atoms with Crippen LogP contribution < -0.4 is 4.72 Å². The summed E-state index contributed by atoms with van der Waals surface area (Å²) in [6, 6.07) is 2.00. The van der Waals surface area contributed by atoms with Gasteiger partial charge in [0, 0.05) is 12.0 Å². The molecule has 0 bridgehead atoms. The fourth-order valence-electron chi connectivity index (χ4n) is 1.12. The van der Waals surface area contributed by atoms with Crippen molar-refractivity contribution in [2.45, 2.75) is 6.04 Å². The van der Waals surface area contributed by atoms with Crippen molar-refractivity contribution >= 4 is 27.3 Å². The van der Waals surface area contributed by atoms with Crippen molar-refractivity contribution in [3.8, 4) is 0 Å². The summed E-state index contributed by atoms with van der Waals surface area (Å²) in [5, 5.41) is 10.7. The lowest BCUT2D eigenvalue weighted by molar-refractivity contribution is -0.139. The first-order valence-corrected chi connectivity index (χ1v) is 7.24. The Morgan fingerprint density at radius 3 is 2.82 bits per heavy atom. The molecule has 0 spiro atoms. The molecule has 6 nitrogen and oxygen atoms in total. The highest BCUT2D eigenvalue weighted by atomic mass is 32.2. The van der Waals surface area contributed by atoms with Crippen LogP contribution in [0.5, 0.6) is 0 Å². The Kier molecular flexibility index (Phi) is 5.06. The number of thiophene rings is 1. The summed E-state index contributed by atoms with van der Waals surface area (Å²) in [7, 11) is -2.28. The van der Waals surface area contributed by atoms with E-state index in [9.17, 15) is 13.2 Å². The summed E-state index contributed by atoms with van der Waals surface area (Å²) in [6.45, 7) is 0.0200. The number of nitrogens with one attached hydrogen (secondary N) is 1. The van der Waals surface area contributed by atoms with Gasteiger partial charge in [-0.3, -0.25) is 4.79 Å². The molecule has 17 heavy (non-hydrogen) atoms. The maximum atomic E-state index is 11.5. The number of methoxy groups -OCH3 is 1. The number of sulfonamides is 1. The largest absolute Gasteiger partial charge is 0.480 e. The second kappa shape index (κ2) is 6.10. The Labute approximate surface area is 103 Å². The van der Waals surface area contributed by atoms with Crippen molar-refractivity contribution < 1.29 is 23.1 Å². The number of carboxylic acids is 1. The molecule has 1 rings (SSSR count). The van der Waals surface area contributed by atoms with E-state index in [1.54, 1.807) is 17.5 Å². The number of carboxylic acid groups (broad SMARTS) is 1. The number of hydrogen-bond acceptors (Lipinski definition) is 5. The molecule has 1 atom stereocenters. The highest BCUT2D eigenvalue weighted by Crippen LogP contribution is 2.19. The van der Waals surface area contributed by atoms with Gasteiger partial charge in [0.2, 0.25) is 10.0 Å². The zero-order valence-corrected chi connectivity index (χ0v) is 10.8. The SMILES string of the molecule is COCCS(=O)(=O)NC(C(=O)O)c1cccs1. The van der Waals surface area contributed by atoms with Crippen LogP contribution in [0.4, 0.5) is 0 Å². The highest BCUT2D eigenvalue weighted by molar-refractivity contribution is 7.89. The van der Waals surface area contributed by atoms with Gasteiger partial charge in [0.15, 0.2) is 6.04 Å². The summed E-state index contributed by atoms with van der Waals surface area (Å²) >= 11 is 1.18. The van der Waals surface area contributed by atoms with Crippen molar-refractivity contribution in [1.29, 1.82) is 0 Å². The molecule has 0 saturated heterocycles. The predicted molar refractivity (Wildman–Crippen MR) is 63.5 cm³/mol. The first-order chi connectivity index (χ1) is 7.96. The molecule has 0 aromatic carbocycles. The number of hydrogen-bond donors (Lipinski definition) is 2. The van der Waals surface area contributed by atoms with Crippen LogP contribution in [0.2, 0.25) is 0 Å². The van der Waals surface area contributed by atoms with Crippen molar-refractivity contribution in [2.24, 2.45) is 0 Å². The van der Waals surface area contributed by atoms with Crippen molar-refractivity contribution in [1.82, 2.24) is 4.72 Å². The van der Waals surface area contributed by atoms with E-state index in [2.05, 4.69) is 9.46 Å². The molecule has 1 aromatic rings. The van der Waals surface area contributed by atoms with Crippen LogP contribution >= 0.6 is 11.3 Å². The minimum atomic E-state index is -3.66. The maximum absolute atomic E-state index is 11.5. The molecule has 0 amide bonds. The lowest BCUT2D eigenvalue weighted by Crippen LogP contribution is -2.35. The molecule has 0 saturated carbocycles. The molecule has 8 heteroatoms. The minimum Gasteiger partial charge on any atom is -0.480 e. The third-order valence-corrected chi connectivity index (χ3v) is 4.16. The topological polar surface area (TPSA) is 92.7 Å². The van der Waals surface area contributed by atoms with Crippen LogP contribution in [0.25, 0.3) is 0 Å². The summed E-state index contributed by atoms with van der Waals surface area (Å²) in [4.78, 5) is 11.4. The maximum Gasteiger partial charge on any atom is 0.327 e. The lowest BCUT2D eigenvalue weighted by Gasteiger charge is -2.12. The molecular weight excluding hydrogens is 266 g/mol. The molecule has 96 valence electrons. The molecule has 0 aliphatic rings. The summed E-state index contributed by atoms with van der Waals surface area (Å²) < 4.78 is 29.9. The lowest BCUT2D eigenvalue weighted by atomic mass is 10.3. The van der Waals surface area contributed by atoms with Crippen LogP contribution in [-0.4, -0.2) is 39.0 Å². The average Bonchev–Trinajstić information content (AvgIpc) is 2.76. The van der Waals surface area contributed by atoms with Gasteiger partial charge in [0.1, 0.15) is 0 Å². The molecule has 0 radical (unpaired) electrons. The van der Waals surface area contributed by atoms with Crippen molar-refractivity contribution in [3.63, 3.8) is 0 Å². The number of ether oxygens (including phenoxy) is 1. The highest BCUT2D eigenvalue weighted by Gasteiger charge is 2.26. The van der Waals surface area contributed by atoms with Crippen molar-refractivity contribution in [2.75, 3.05) is 19.5 Å². The molecule has 1 aromatic heterocycles. The van der Waals surface area contributed by atoms with E-state index < -0.39 is 22.0 Å². The fourth-order valence-corrected chi connectivity index (χ4v) is 3.05. The summed E-state index contributed by atoms with van der Waals surface area (Å²) in [5.41, 5.74) is 0. The van der Waals surface area contributed by atoms with Gasteiger partial charge in [0.25, 0.3) is 0 Å². The second-order valence-corrected chi connectivity index (χ2v) is 6.07. The van der Waals surface area contributed by atoms with E-state index in [-0.39, 0.29) is 12.4 Å². The Bertz CT molecular complexity index is 454. The molecule has 2 N–H and O–H groups in total. The van der Waals surface area contributed by atoms with Gasteiger partial charge in [-0.1, -0.05) is 6.07 Å². The molecule has 1 heterocycles. The van der Waals surface area contributed by atoms with E-state index in [0.717, 1.165) is 0 Å². The predicted octanol–water partition coefficient (Wildman–Crippen LogP) is 0.440. The van der Waals surface area contributed by atoms with E-state index >= 15 is 0 Å². The van der Waals surface area contributed by atoms with E-state index in [0.29, 0.717) is 4.88 Å². The van der Waals surface area contributed by atoms with Crippen molar-refractivity contribution in [3.05, 3.63) is 22.4 Å². The van der Waals surface area contributed by atoms with Crippen LogP contribution in [0.1, 0.15) is 10.9 Å². The van der Waals surface area contributed by atoms with Gasteiger partial charge in [-0.25, -0.2) is 8.42 Å². The van der Waals surface area contributed by atoms with Gasteiger partial charge >= 0.3 is 5.97 Å². The monoisotopic (exact) mass is 279 g/mol. The third kappa shape index (κ3) is 4.43. The van der Waals surface area contributed by atoms with E-state index in [1.165, 1.54) is 18.4 Å². The Balaban J connectivity index is 2.78. The fraction of sp³-hybridized carbons (Fsp3) is 0.444.